The van der Waals surface area contributed by atoms with Crippen LogP contribution in [0.4, 0.5) is 0 Å². The zero-order valence-electron chi connectivity index (χ0n) is 11.9. The number of rotatable bonds is 5. The third-order valence-corrected chi connectivity index (χ3v) is 4.27. The van der Waals surface area contributed by atoms with E-state index in [4.69, 9.17) is 0 Å². The van der Waals surface area contributed by atoms with Crippen LogP contribution < -0.4 is 5.32 Å². The number of nitrogens with zero attached hydrogens (tertiary/aromatic N) is 3. The molecule has 1 fully saturated rings. The van der Waals surface area contributed by atoms with Crippen LogP contribution in [0.25, 0.3) is 0 Å². The molecule has 2 unspecified atom stereocenters. The van der Waals surface area contributed by atoms with Crippen molar-refractivity contribution in [3.63, 3.8) is 0 Å². The predicted molar refractivity (Wildman–Crippen MR) is 74.6 cm³/mol. The third kappa shape index (κ3) is 3.12. The lowest BCUT2D eigenvalue weighted by atomic mass is 9.96. The topological polar surface area (TPSA) is 33.1 Å². The van der Waals surface area contributed by atoms with Crippen LogP contribution in [0.5, 0.6) is 0 Å². The smallest absolute Gasteiger partial charge is 0.0492 e. The lowest BCUT2D eigenvalue weighted by Gasteiger charge is -2.39. The maximum absolute atomic E-state index is 4.24. The van der Waals surface area contributed by atoms with Crippen LogP contribution in [-0.2, 0) is 13.5 Å². The Morgan fingerprint density at radius 2 is 2.33 bits per heavy atom. The number of nitrogens with one attached hydrogen (secondary N) is 1. The maximum atomic E-state index is 4.24. The molecule has 0 aromatic carbocycles. The maximum Gasteiger partial charge on any atom is 0.0492 e. The molecule has 0 bridgehead atoms. The van der Waals surface area contributed by atoms with E-state index in [1.54, 1.807) is 0 Å². The molecule has 0 radical (unpaired) electrons. The second kappa shape index (κ2) is 6.34. The van der Waals surface area contributed by atoms with Crippen LogP contribution in [0.3, 0.4) is 0 Å². The molecule has 2 rings (SSSR count). The average molecular weight is 250 g/mol. The van der Waals surface area contributed by atoms with Gasteiger partial charge in [0.15, 0.2) is 0 Å². The van der Waals surface area contributed by atoms with Crippen molar-refractivity contribution < 1.29 is 0 Å². The molecule has 1 aromatic heterocycles. The first kappa shape index (κ1) is 13.6. The van der Waals surface area contributed by atoms with Gasteiger partial charge in [-0.25, -0.2) is 0 Å². The summed E-state index contributed by atoms with van der Waals surface area (Å²) in [6, 6.07) is 3.40. The summed E-state index contributed by atoms with van der Waals surface area (Å²) in [5.41, 5.74) is 1.33. The van der Waals surface area contributed by atoms with Gasteiger partial charge in [-0.1, -0.05) is 6.42 Å². The van der Waals surface area contributed by atoms with E-state index in [9.17, 15) is 0 Å². The second-order valence-electron chi connectivity index (χ2n) is 5.37. The van der Waals surface area contributed by atoms with Gasteiger partial charge >= 0.3 is 0 Å². The van der Waals surface area contributed by atoms with Gasteiger partial charge in [0.1, 0.15) is 0 Å². The summed E-state index contributed by atoms with van der Waals surface area (Å²) < 4.78 is 1.99. The Morgan fingerprint density at radius 1 is 1.50 bits per heavy atom. The predicted octanol–water partition coefficient (Wildman–Crippen LogP) is 1.42. The summed E-state index contributed by atoms with van der Waals surface area (Å²) in [6.07, 6.45) is 7.04. The number of hydrogen-bond acceptors (Lipinski definition) is 3. The SMILES string of the molecule is CNC(C)C1CCCCN1CCc1ccnn1C. The highest BCUT2D eigenvalue weighted by atomic mass is 15.3. The van der Waals surface area contributed by atoms with Gasteiger partial charge < -0.3 is 5.32 Å². The van der Waals surface area contributed by atoms with Crippen molar-refractivity contribution in [2.24, 2.45) is 7.05 Å². The minimum absolute atomic E-state index is 0.580. The molecule has 4 nitrogen and oxygen atoms in total. The Labute approximate surface area is 110 Å². The first-order chi connectivity index (χ1) is 8.72. The Balaban J connectivity index is 1.91. The van der Waals surface area contributed by atoms with Crippen molar-refractivity contribution in [3.05, 3.63) is 18.0 Å². The van der Waals surface area contributed by atoms with E-state index in [1.165, 1.54) is 31.5 Å². The molecule has 4 heteroatoms. The summed E-state index contributed by atoms with van der Waals surface area (Å²) in [6.45, 7) is 4.69. The van der Waals surface area contributed by atoms with Gasteiger partial charge in [-0.2, -0.15) is 5.10 Å². The highest BCUT2D eigenvalue weighted by Gasteiger charge is 2.26. The highest BCUT2D eigenvalue weighted by Crippen LogP contribution is 2.20. The fraction of sp³-hybridized carbons (Fsp3) is 0.786. The molecule has 0 spiro atoms. The van der Waals surface area contributed by atoms with Gasteiger partial charge in [0.25, 0.3) is 0 Å². The molecular weight excluding hydrogens is 224 g/mol. The molecule has 1 aliphatic heterocycles. The average Bonchev–Trinajstić information content (AvgIpc) is 2.81. The number of likely N-dealkylation sites (tertiary alicyclic amines) is 1. The summed E-state index contributed by atoms with van der Waals surface area (Å²) >= 11 is 0. The zero-order valence-corrected chi connectivity index (χ0v) is 11.9. The number of likely N-dealkylation sites (N-methyl/N-ethyl adjacent to an activating group) is 1. The van der Waals surface area contributed by atoms with Crippen LogP contribution in [0.1, 0.15) is 31.9 Å². The van der Waals surface area contributed by atoms with Gasteiger partial charge in [-0.3, -0.25) is 9.58 Å². The van der Waals surface area contributed by atoms with Crippen LogP contribution in [0.15, 0.2) is 12.3 Å². The van der Waals surface area contributed by atoms with Gasteiger partial charge in [0.2, 0.25) is 0 Å². The molecule has 2 atom stereocenters. The van der Waals surface area contributed by atoms with E-state index in [2.05, 4.69) is 35.4 Å². The molecule has 0 saturated carbocycles. The van der Waals surface area contributed by atoms with Crippen LogP contribution >= 0.6 is 0 Å². The fourth-order valence-corrected chi connectivity index (χ4v) is 2.96. The normalized spacial score (nSPS) is 23.2. The first-order valence-electron chi connectivity index (χ1n) is 7.10. The van der Waals surface area contributed by atoms with Crippen molar-refractivity contribution >= 4 is 0 Å². The molecule has 102 valence electrons. The monoisotopic (exact) mass is 250 g/mol. The molecule has 0 aliphatic carbocycles. The number of piperidine rings is 1. The van der Waals surface area contributed by atoms with Crippen LogP contribution in [0, 0.1) is 0 Å². The Bertz CT molecular complexity index is 360. The highest BCUT2D eigenvalue weighted by molar-refractivity contribution is 5.01. The molecule has 1 saturated heterocycles. The summed E-state index contributed by atoms with van der Waals surface area (Å²) in [5, 5.41) is 7.65. The van der Waals surface area contributed by atoms with Crippen molar-refractivity contribution in [2.75, 3.05) is 20.1 Å². The molecule has 2 heterocycles. The molecule has 0 amide bonds. The number of hydrogen-bond donors (Lipinski definition) is 1. The molecule has 1 N–H and O–H groups in total. The van der Waals surface area contributed by atoms with Gasteiger partial charge in [0, 0.05) is 44.0 Å². The molecule has 18 heavy (non-hydrogen) atoms. The van der Waals surface area contributed by atoms with E-state index in [0.717, 1.165) is 13.0 Å². The quantitative estimate of drug-likeness (QED) is 0.858. The van der Waals surface area contributed by atoms with E-state index in [1.807, 2.05) is 17.9 Å². The van der Waals surface area contributed by atoms with Crippen molar-refractivity contribution in [2.45, 2.75) is 44.7 Å². The second-order valence-corrected chi connectivity index (χ2v) is 5.37. The molecule has 1 aliphatic rings. The number of aromatic nitrogens is 2. The van der Waals surface area contributed by atoms with Crippen molar-refractivity contribution in [1.82, 2.24) is 20.0 Å². The zero-order chi connectivity index (χ0) is 13.0. The van der Waals surface area contributed by atoms with Crippen molar-refractivity contribution in [3.8, 4) is 0 Å². The summed E-state index contributed by atoms with van der Waals surface area (Å²) in [4.78, 5) is 2.65. The number of aryl methyl sites for hydroxylation is 1. The first-order valence-corrected chi connectivity index (χ1v) is 7.10. The Morgan fingerprint density at radius 3 is 3.00 bits per heavy atom. The lowest BCUT2D eigenvalue weighted by Crippen LogP contribution is -2.50. The van der Waals surface area contributed by atoms with Gasteiger partial charge in [-0.15, -0.1) is 0 Å². The molecule has 1 aromatic rings. The van der Waals surface area contributed by atoms with Crippen LogP contribution in [-0.4, -0.2) is 46.9 Å². The summed E-state index contributed by atoms with van der Waals surface area (Å²) in [7, 11) is 4.10. The van der Waals surface area contributed by atoms with E-state index < -0.39 is 0 Å². The Hall–Kier alpha value is -0.870. The van der Waals surface area contributed by atoms with Crippen molar-refractivity contribution in [1.29, 1.82) is 0 Å². The van der Waals surface area contributed by atoms with Crippen LogP contribution in [0.2, 0.25) is 0 Å². The third-order valence-electron chi connectivity index (χ3n) is 4.27. The van der Waals surface area contributed by atoms with E-state index >= 15 is 0 Å². The van der Waals surface area contributed by atoms with E-state index in [-0.39, 0.29) is 0 Å². The van der Waals surface area contributed by atoms with Gasteiger partial charge in [-0.05, 0) is 39.4 Å². The van der Waals surface area contributed by atoms with E-state index in [0.29, 0.717) is 12.1 Å². The Kier molecular flexibility index (Phi) is 4.78. The standard InChI is InChI=1S/C14H26N4/c1-12(15-2)14-6-4-5-10-18(14)11-8-13-7-9-16-17(13)3/h7,9,12,14-15H,4-6,8,10-11H2,1-3H3. The summed E-state index contributed by atoms with van der Waals surface area (Å²) in [5.74, 6) is 0. The fourth-order valence-electron chi connectivity index (χ4n) is 2.96. The largest absolute Gasteiger partial charge is 0.316 e. The van der Waals surface area contributed by atoms with Gasteiger partial charge in [0.05, 0.1) is 0 Å². The molecular formula is C14H26N4. The minimum Gasteiger partial charge on any atom is -0.316 e. The lowest BCUT2D eigenvalue weighted by molar-refractivity contribution is 0.122. The minimum atomic E-state index is 0.580.